The summed E-state index contributed by atoms with van der Waals surface area (Å²) >= 11 is 1.80. The fraction of sp³-hybridized carbons (Fsp3) is 0.533. The summed E-state index contributed by atoms with van der Waals surface area (Å²) in [6, 6.07) is 8.29. The minimum Gasteiger partial charge on any atom is -0.342 e. The van der Waals surface area contributed by atoms with Crippen molar-refractivity contribution in [1.82, 2.24) is 4.90 Å². The van der Waals surface area contributed by atoms with Crippen LogP contribution in [-0.2, 0) is 4.79 Å². The fourth-order valence-electron chi connectivity index (χ4n) is 3.05. The number of rotatable bonds is 2. The molecule has 0 aromatic heterocycles. The molecule has 102 valence electrons. The first-order valence-corrected chi connectivity index (χ1v) is 7.98. The van der Waals surface area contributed by atoms with E-state index in [4.69, 9.17) is 5.73 Å². The normalized spacial score (nSPS) is 26.3. The monoisotopic (exact) mass is 276 g/mol. The zero-order valence-corrected chi connectivity index (χ0v) is 11.9. The molecule has 2 aliphatic heterocycles. The first-order chi connectivity index (χ1) is 9.29. The lowest BCUT2D eigenvalue weighted by Crippen LogP contribution is -2.44. The van der Waals surface area contributed by atoms with Gasteiger partial charge in [-0.25, -0.2) is 0 Å². The van der Waals surface area contributed by atoms with Gasteiger partial charge in [0.15, 0.2) is 0 Å². The number of nitrogens with zero attached hydrogens (tertiary/aromatic N) is 1. The van der Waals surface area contributed by atoms with Gasteiger partial charge in [0.25, 0.3) is 0 Å². The number of hydrogen-bond donors (Lipinski definition) is 1. The van der Waals surface area contributed by atoms with Gasteiger partial charge in [-0.1, -0.05) is 18.2 Å². The summed E-state index contributed by atoms with van der Waals surface area (Å²) < 4.78 is 0. The number of nitrogens with two attached hydrogens (primary N) is 1. The number of carbonyl (C=O) groups is 1. The highest BCUT2D eigenvalue weighted by Crippen LogP contribution is 2.40. The van der Waals surface area contributed by atoms with E-state index in [1.807, 2.05) is 17.0 Å². The van der Waals surface area contributed by atoms with Crippen molar-refractivity contribution in [3.8, 4) is 0 Å². The average molecular weight is 276 g/mol. The maximum atomic E-state index is 12.7. The van der Waals surface area contributed by atoms with E-state index in [2.05, 4.69) is 12.1 Å². The smallest absolute Gasteiger partial charge is 0.231 e. The highest BCUT2D eigenvalue weighted by molar-refractivity contribution is 7.99. The molecule has 2 heterocycles. The van der Waals surface area contributed by atoms with Crippen LogP contribution < -0.4 is 5.73 Å². The summed E-state index contributed by atoms with van der Waals surface area (Å²) in [5.74, 6) is 1.73. The molecule has 0 spiro atoms. The van der Waals surface area contributed by atoms with Gasteiger partial charge in [0.2, 0.25) is 5.91 Å². The van der Waals surface area contributed by atoms with Crippen LogP contribution in [0.5, 0.6) is 0 Å². The second-order valence-electron chi connectivity index (χ2n) is 5.43. The summed E-state index contributed by atoms with van der Waals surface area (Å²) in [6.45, 7) is 2.44. The van der Waals surface area contributed by atoms with Crippen molar-refractivity contribution in [2.45, 2.75) is 23.7 Å². The van der Waals surface area contributed by atoms with E-state index in [1.165, 1.54) is 10.5 Å². The van der Waals surface area contributed by atoms with E-state index in [0.29, 0.717) is 18.4 Å². The van der Waals surface area contributed by atoms with Crippen LogP contribution in [0.25, 0.3) is 0 Å². The number of piperidine rings is 1. The summed E-state index contributed by atoms with van der Waals surface area (Å²) in [4.78, 5) is 16.0. The molecular formula is C15H20N2OS. The van der Waals surface area contributed by atoms with Crippen LogP contribution in [0, 0.1) is 5.92 Å². The van der Waals surface area contributed by atoms with Gasteiger partial charge >= 0.3 is 0 Å². The zero-order valence-electron chi connectivity index (χ0n) is 11.0. The highest BCUT2D eigenvalue weighted by Gasteiger charge is 2.33. The third-order valence-electron chi connectivity index (χ3n) is 4.16. The average Bonchev–Trinajstić information content (AvgIpc) is 2.90. The van der Waals surface area contributed by atoms with Crippen LogP contribution in [0.15, 0.2) is 29.2 Å². The molecule has 2 atom stereocenters. The quantitative estimate of drug-likeness (QED) is 0.899. The van der Waals surface area contributed by atoms with Gasteiger partial charge in [-0.3, -0.25) is 4.79 Å². The van der Waals surface area contributed by atoms with Crippen LogP contribution in [0.3, 0.4) is 0 Å². The Morgan fingerprint density at radius 3 is 3.11 bits per heavy atom. The number of thioether (sulfide) groups is 1. The van der Waals surface area contributed by atoms with Gasteiger partial charge < -0.3 is 10.6 Å². The third-order valence-corrected chi connectivity index (χ3v) is 5.34. The summed E-state index contributed by atoms with van der Waals surface area (Å²) in [6.07, 6.45) is 2.26. The second-order valence-corrected chi connectivity index (χ2v) is 6.49. The van der Waals surface area contributed by atoms with Crippen molar-refractivity contribution in [2.24, 2.45) is 11.7 Å². The molecule has 1 fully saturated rings. The number of likely N-dealkylation sites (tertiary alicyclic amines) is 1. The summed E-state index contributed by atoms with van der Waals surface area (Å²) in [5, 5.41) is 0. The molecule has 3 rings (SSSR count). The van der Waals surface area contributed by atoms with Crippen LogP contribution in [0.2, 0.25) is 0 Å². The Hall–Kier alpha value is -1.00. The van der Waals surface area contributed by atoms with Gasteiger partial charge in [-0.15, -0.1) is 11.8 Å². The first-order valence-electron chi connectivity index (χ1n) is 7.00. The molecule has 19 heavy (non-hydrogen) atoms. The predicted molar refractivity (Wildman–Crippen MR) is 78.3 cm³/mol. The predicted octanol–water partition coefficient (Wildman–Crippen LogP) is 2.07. The lowest BCUT2D eigenvalue weighted by atomic mass is 9.94. The van der Waals surface area contributed by atoms with Gasteiger partial charge in [-0.2, -0.15) is 0 Å². The van der Waals surface area contributed by atoms with Gasteiger partial charge in [0.05, 0.1) is 5.92 Å². The van der Waals surface area contributed by atoms with Gasteiger partial charge in [0.1, 0.15) is 0 Å². The number of benzene rings is 1. The maximum absolute atomic E-state index is 12.7. The van der Waals surface area contributed by atoms with E-state index in [-0.39, 0.29) is 5.92 Å². The minimum absolute atomic E-state index is 0.0534. The summed E-state index contributed by atoms with van der Waals surface area (Å²) in [7, 11) is 0. The van der Waals surface area contributed by atoms with Crippen LogP contribution >= 0.6 is 11.8 Å². The Balaban J connectivity index is 1.75. The first kappa shape index (κ1) is 13.0. The Bertz CT molecular complexity index is 477. The fourth-order valence-corrected chi connectivity index (χ4v) is 4.27. The maximum Gasteiger partial charge on any atom is 0.231 e. The van der Waals surface area contributed by atoms with Crippen molar-refractivity contribution in [2.75, 3.05) is 25.4 Å². The van der Waals surface area contributed by atoms with Crippen molar-refractivity contribution in [3.05, 3.63) is 29.8 Å². The van der Waals surface area contributed by atoms with Crippen LogP contribution in [0.4, 0.5) is 0 Å². The molecule has 2 unspecified atom stereocenters. The lowest BCUT2D eigenvalue weighted by Gasteiger charge is -2.33. The molecule has 1 saturated heterocycles. The number of fused-ring (bicyclic) bond motifs is 1. The summed E-state index contributed by atoms with van der Waals surface area (Å²) in [5.41, 5.74) is 6.97. The number of hydrogen-bond acceptors (Lipinski definition) is 3. The van der Waals surface area contributed by atoms with Gasteiger partial charge in [0, 0.05) is 23.7 Å². The Morgan fingerprint density at radius 1 is 1.42 bits per heavy atom. The Kier molecular flexibility index (Phi) is 3.80. The van der Waals surface area contributed by atoms with Crippen molar-refractivity contribution in [3.63, 3.8) is 0 Å². The number of amides is 1. The van der Waals surface area contributed by atoms with Crippen molar-refractivity contribution >= 4 is 17.7 Å². The molecule has 3 nitrogen and oxygen atoms in total. The molecule has 4 heteroatoms. The topological polar surface area (TPSA) is 46.3 Å². The molecular weight excluding hydrogens is 256 g/mol. The minimum atomic E-state index is 0.0534. The molecule has 1 amide bonds. The van der Waals surface area contributed by atoms with E-state index >= 15 is 0 Å². The lowest BCUT2D eigenvalue weighted by molar-refractivity contribution is -0.134. The molecule has 2 aliphatic rings. The molecule has 1 aromatic carbocycles. The van der Waals surface area contributed by atoms with Crippen molar-refractivity contribution < 1.29 is 4.79 Å². The third kappa shape index (κ3) is 2.51. The molecule has 0 bridgehead atoms. The van der Waals surface area contributed by atoms with Crippen LogP contribution in [0.1, 0.15) is 24.3 Å². The van der Waals surface area contributed by atoms with E-state index in [0.717, 1.165) is 31.7 Å². The largest absolute Gasteiger partial charge is 0.342 e. The van der Waals surface area contributed by atoms with Crippen molar-refractivity contribution in [1.29, 1.82) is 0 Å². The molecule has 2 N–H and O–H groups in total. The highest BCUT2D eigenvalue weighted by atomic mass is 32.2. The van der Waals surface area contributed by atoms with E-state index < -0.39 is 0 Å². The van der Waals surface area contributed by atoms with E-state index in [1.54, 1.807) is 11.8 Å². The standard InChI is InChI=1S/C15H20N2OS/c16-8-11-4-3-7-17(9-11)15(18)13-10-19-14-6-2-1-5-12(13)14/h1-2,5-6,11,13H,3-4,7-10,16H2. The van der Waals surface area contributed by atoms with E-state index in [9.17, 15) is 4.79 Å². The Labute approximate surface area is 118 Å². The Morgan fingerprint density at radius 2 is 2.26 bits per heavy atom. The van der Waals surface area contributed by atoms with Crippen LogP contribution in [-0.4, -0.2) is 36.2 Å². The molecule has 0 radical (unpaired) electrons. The zero-order chi connectivity index (χ0) is 13.2. The van der Waals surface area contributed by atoms with Gasteiger partial charge in [-0.05, 0) is 36.9 Å². The second kappa shape index (κ2) is 5.55. The molecule has 0 saturated carbocycles. The molecule has 0 aliphatic carbocycles. The molecule has 1 aromatic rings. The number of carbonyl (C=O) groups excluding carboxylic acids is 1. The SMILES string of the molecule is NCC1CCCN(C(=O)C2CSc3ccccc32)C1.